The fraction of sp³-hybridized carbons (Fsp3) is 0.294. The molecule has 3 rings (SSSR count). The van der Waals surface area contributed by atoms with Crippen LogP contribution in [0.15, 0.2) is 41.0 Å². The fourth-order valence-electron chi connectivity index (χ4n) is 2.67. The number of aliphatic hydroxyl groups excluding tert-OH is 2. The Morgan fingerprint density at radius 1 is 1.29 bits per heavy atom. The Balaban J connectivity index is 1.67. The maximum atomic E-state index is 12.6. The van der Waals surface area contributed by atoms with E-state index in [4.69, 9.17) is 11.6 Å². The molecule has 11 heteroatoms. The van der Waals surface area contributed by atoms with Crippen molar-refractivity contribution < 1.29 is 28.5 Å². The molecule has 2 unspecified atom stereocenters. The molecule has 0 bridgehead atoms. The van der Waals surface area contributed by atoms with Crippen LogP contribution in [0.4, 0.5) is 20.3 Å². The number of carbonyl (C=O) groups excluding carboxylic acids is 1. The zero-order chi connectivity index (χ0) is 20.5. The molecule has 1 fully saturated rings. The highest BCUT2D eigenvalue weighted by Crippen LogP contribution is 2.29. The number of pyridine rings is 1. The van der Waals surface area contributed by atoms with Crippen molar-refractivity contribution in [3.05, 3.63) is 46.6 Å². The zero-order valence-electron chi connectivity index (χ0n) is 14.2. The van der Waals surface area contributed by atoms with Gasteiger partial charge in [0.1, 0.15) is 11.6 Å². The molecule has 1 amide bonds. The van der Waals surface area contributed by atoms with Crippen LogP contribution in [0.5, 0.6) is 5.75 Å². The summed E-state index contributed by atoms with van der Waals surface area (Å²) in [5, 5.41) is 21.9. The molecular weight excluding hydrogens is 464 g/mol. The highest BCUT2D eigenvalue weighted by molar-refractivity contribution is 9.10. The van der Waals surface area contributed by atoms with E-state index in [0.717, 1.165) is 0 Å². The number of rotatable bonds is 5. The van der Waals surface area contributed by atoms with Crippen LogP contribution in [-0.2, 0) is 0 Å². The fourth-order valence-corrected chi connectivity index (χ4v) is 3.36. The SMILES string of the molecule is O=C(Nc1ccc(OC(F)(F)Cl)cc1)c1cnc(N2CC(O)C(O)C2)c(Br)c1. The second-order valence-electron chi connectivity index (χ2n) is 6.10. The van der Waals surface area contributed by atoms with Crippen molar-refractivity contribution in [2.75, 3.05) is 23.3 Å². The van der Waals surface area contributed by atoms with Gasteiger partial charge in [0.25, 0.3) is 5.91 Å². The molecule has 150 valence electrons. The molecule has 28 heavy (non-hydrogen) atoms. The number of amides is 1. The van der Waals surface area contributed by atoms with Crippen LogP contribution in [0.1, 0.15) is 10.4 Å². The monoisotopic (exact) mass is 477 g/mol. The minimum atomic E-state index is -3.81. The zero-order valence-corrected chi connectivity index (χ0v) is 16.5. The smallest absolute Gasteiger partial charge is 0.420 e. The number of alkyl halides is 3. The first-order valence-electron chi connectivity index (χ1n) is 8.06. The van der Waals surface area contributed by atoms with Gasteiger partial charge in [0, 0.05) is 36.6 Å². The first-order chi connectivity index (χ1) is 13.1. The van der Waals surface area contributed by atoms with Gasteiger partial charge in [-0.05, 0) is 46.3 Å². The molecule has 2 heterocycles. The largest absolute Gasteiger partial charge is 0.487 e. The standard InChI is InChI=1S/C17H15BrClF2N3O4/c18-12-5-9(6-22-15(12)24-7-13(25)14(26)8-24)16(27)23-10-1-3-11(4-2-10)28-17(19,20)21/h1-6,13-14,25-26H,7-8H2,(H,23,27). The van der Waals surface area contributed by atoms with Crippen molar-refractivity contribution in [3.63, 3.8) is 0 Å². The maximum Gasteiger partial charge on any atom is 0.487 e. The molecule has 1 aromatic heterocycles. The highest BCUT2D eigenvalue weighted by atomic mass is 79.9. The number of benzene rings is 1. The number of nitrogens with one attached hydrogen (secondary N) is 1. The summed E-state index contributed by atoms with van der Waals surface area (Å²) in [6.45, 7) is 0.460. The third kappa shape index (κ3) is 5.07. The van der Waals surface area contributed by atoms with E-state index >= 15 is 0 Å². The molecule has 0 saturated carbocycles. The van der Waals surface area contributed by atoms with E-state index in [-0.39, 0.29) is 24.4 Å². The second kappa shape index (κ2) is 8.16. The third-order valence-corrected chi connectivity index (χ3v) is 4.65. The van der Waals surface area contributed by atoms with Gasteiger partial charge < -0.3 is 25.2 Å². The van der Waals surface area contributed by atoms with Crippen molar-refractivity contribution in [2.24, 2.45) is 0 Å². The molecule has 1 aliphatic rings. The van der Waals surface area contributed by atoms with Crippen LogP contribution in [-0.4, -0.2) is 52.0 Å². The topological polar surface area (TPSA) is 94.9 Å². The average Bonchev–Trinajstić information content (AvgIpc) is 2.94. The number of aromatic nitrogens is 1. The molecule has 1 aliphatic heterocycles. The van der Waals surface area contributed by atoms with Gasteiger partial charge in [-0.15, -0.1) is 8.78 Å². The van der Waals surface area contributed by atoms with Crippen LogP contribution < -0.4 is 15.0 Å². The van der Waals surface area contributed by atoms with E-state index in [0.29, 0.717) is 16.0 Å². The Labute approximate surface area is 172 Å². The minimum Gasteiger partial charge on any atom is -0.420 e. The Morgan fingerprint density at radius 3 is 2.43 bits per heavy atom. The third-order valence-electron chi connectivity index (χ3n) is 3.99. The molecule has 1 saturated heterocycles. The summed E-state index contributed by atoms with van der Waals surface area (Å²) in [7, 11) is 0. The lowest BCUT2D eigenvalue weighted by Crippen LogP contribution is -2.23. The van der Waals surface area contributed by atoms with Crippen molar-refractivity contribution >= 4 is 44.9 Å². The summed E-state index contributed by atoms with van der Waals surface area (Å²) in [6.07, 6.45) is -0.359. The molecule has 3 N–H and O–H groups in total. The number of hydrogen-bond donors (Lipinski definition) is 3. The molecule has 2 atom stereocenters. The van der Waals surface area contributed by atoms with Crippen LogP contribution in [0.2, 0.25) is 0 Å². The molecule has 7 nitrogen and oxygen atoms in total. The van der Waals surface area contributed by atoms with Crippen LogP contribution in [0.25, 0.3) is 0 Å². The van der Waals surface area contributed by atoms with Crippen LogP contribution in [0.3, 0.4) is 0 Å². The Kier molecular flexibility index (Phi) is 6.04. The second-order valence-corrected chi connectivity index (χ2v) is 7.39. The average molecular weight is 479 g/mol. The van der Waals surface area contributed by atoms with E-state index in [1.807, 2.05) is 0 Å². The summed E-state index contributed by atoms with van der Waals surface area (Å²) in [5.74, 6) is -0.116. The van der Waals surface area contributed by atoms with Gasteiger partial charge in [-0.3, -0.25) is 4.79 Å². The van der Waals surface area contributed by atoms with Gasteiger partial charge in [-0.2, -0.15) is 0 Å². The van der Waals surface area contributed by atoms with E-state index in [1.54, 1.807) is 11.0 Å². The minimum absolute atomic E-state index is 0.151. The lowest BCUT2D eigenvalue weighted by Gasteiger charge is -2.18. The number of ether oxygens (including phenoxy) is 1. The van der Waals surface area contributed by atoms with Crippen molar-refractivity contribution in [1.82, 2.24) is 4.98 Å². The molecule has 1 aromatic carbocycles. The summed E-state index contributed by atoms with van der Waals surface area (Å²) in [4.78, 5) is 18.3. The maximum absolute atomic E-state index is 12.6. The summed E-state index contributed by atoms with van der Waals surface area (Å²) < 4.78 is 29.9. The summed E-state index contributed by atoms with van der Waals surface area (Å²) >= 11 is 8.04. The lowest BCUT2D eigenvalue weighted by molar-refractivity contribution is -0.0964. The summed E-state index contributed by atoms with van der Waals surface area (Å²) in [5.41, 5.74) is -3.20. The molecule has 0 spiro atoms. The molecular formula is C17H15BrClF2N3O4. The number of hydrogen-bond acceptors (Lipinski definition) is 6. The van der Waals surface area contributed by atoms with Crippen LogP contribution >= 0.6 is 27.5 Å². The van der Waals surface area contributed by atoms with Gasteiger partial charge in [-0.25, -0.2) is 4.98 Å². The number of β-amino-alcohol motifs (C(OH)–C–C–N with tert-alkyl or cyclic N) is 2. The van der Waals surface area contributed by atoms with Crippen molar-refractivity contribution in [3.8, 4) is 5.75 Å². The number of anilines is 2. The predicted octanol–water partition coefficient (Wildman–Crippen LogP) is 2.81. The van der Waals surface area contributed by atoms with Gasteiger partial charge in [-0.1, -0.05) is 0 Å². The Bertz CT molecular complexity index is 856. The van der Waals surface area contributed by atoms with Gasteiger partial charge in [0.15, 0.2) is 0 Å². The first kappa shape index (κ1) is 20.7. The summed E-state index contributed by atoms with van der Waals surface area (Å²) in [6, 6.07) is 6.82. The van der Waals surface area contributed by atoms with Gasteiger partial charge in [0.05, 0.1) is 22.2 Å². The lowest BCUT2D eigenvalue weighted by atomic mass is 10.2. The van der Waals surface area contributed by atoms with E-state index in [2.05, 4.69) is 31.0 Å². The van der Waals surface area contributed by atoms with E-state index < -0.39 is 23.7 Å². The number of halogens is 4. The predicted molar refractivity (Wildman–Crippen MR) is 102 cm³/mol. The van der Waals surface area contributed by atoms with E-state index in [1.165, 1.54) is 30.5 Å². The Hall–Kier alpha value is -2.01. The van der Waals surface area contributed by atoms with Gasteiger partial charge >= 0.3 is 5.57 Å². The molecule has 2 aromatic rings. The highest BCUT2D eigenvalue weighted by Gasteiger charge is 2.31. The quantitative estimate of drug-likeness (QED) is 0.572. The van der Waals surface area contributed by atoms with E-state index in [9.17, 15) is 23.8 Å². The Morgan fingerprint density at radius 2 is 1.89 bits per heavy atom. The first-order valence-corrected chi connectivity index (χ1v) is 9.23. The van der Waals surface area contributed by atoms with Gasteiger partial charge in [0.2, 0.25) is 0 Å². The van der Waals surface area contributed by atoms with Crippen molar-refractivity contribution in [1.29, 1.82) is 0 Å². The molecule has 0 aliphatic carbocycles. The normalized spacial score (nSPS) is 19.6. The number of carbonyl (C=O) groups is 1. The molecule has 0 radical (unpaired) electrons. The number of aliphatic hydroxyl groups is 2. The number of nitrogens with zero attached hydrogens (tertiary/aromatic N) is 2. The van der Waals surface area contributed by atoms with Crippen LogP contribution in [0, 0.1) is 0 Å². The van der Waals surface area contributed by atoms with Crippen molar-refractivity contribution in [2.45, 2.75) is 17.8 Å².